The third-order valence-corrected chi connectivity index (χ3v) is 5.48. The van der Waals surface area contributed by atoms with Gasteiger partial charge in [-0.3, -0.25) is 14.2 Å². The molecule has 3 aromatic rings. The summed E-state index contributed by atoms with van der Waals surface area (Å²) in [7, 11) is 0. The molecule has 0 bridgehead atoms. The number of fused-ring (bicyclic) bond motifs is 1. The van der Waals surface area contributed by atoms with Crippen LogP contribution in [-0.2, 0) is 17.5 Å². The Kier molecular flexibility index (Phi) is 5.98. The van der Waals surface area contributed by atoms with Crippen LogP contribution in [0, 0.1) is 0 Å². The number of halogens is 3. The van der Waals surface area contributed by atoms with E-state index in [9.17, 15) is 27.6 Å². The maximum Gasteiger partial charge on any atom is 0.416 e. The van der Waals surface area contributed by atoms with Crippen molar-refractivity contribution in [3.63, 3.8) is 0 Å². The number of H-pyrrole nitrogens is 1. The van der Waals surface area contributed by atoms with E-state index in [0.29, 0.717) is 32.0 Å². The second-order valence-corrected chi connectivity index (χ2v) is 7.52. The second-order valence-electron chi connectivity index (χ2n) is 7.52. The van der Waals surface area contributed by atoms with Crippen molar-refractivity contribution in [1.82, 2.24) is 9.55 Å². The minimum atomic E-state index is -4.58. The van der Waals surface area contributed by atoms with Gasteiger partial charge in [-0.2, -0.15) is 13.2 Å². The average molecular weight is 462 g/mol. The second kappa shape index (κ2) is 8.74. The number of hydrogen-bond acceptors (Lipinski definition) is 5. The minimum Gasteiger partial charge on any atom is -0.378 e. The quantitative estimate of drug-likeness (QED) is 0.622. The van der Waals surface area contributed by atoms with E-state index < -0.39 is 28.9 Å². The van der Waals surface area contributed by atoms with E-state index in [2.05, 4.69) is 10.3 Å². The predicted molar refractivity (Wildman–Crippen MR) is 117 cm³/mol. The Balaban J connectivity index is 1.71. The largest absolute Gasteiger partial charge is 0.416 e. The summed E-state index contributed by atoms with van der Waals surface area (Å²) in [5, 5.41) is 2.78. The Morgan fingerprint density at radius 1 is 1.12 bits per heavy atom. The maximum absolute atomic E-state index is 13.3. The van der Waals surface area contributed by atoms with Crippen molar-refractivity contribution in [2.24, 2.45) is 0 Å². The summed E-state index contributed by atoms with van der Waals surface area (Å²) in [5.41, 5.74) is -1.29. The molecule has 1 aliphatic heterocycles. The van der Waals surface area contributed by atoms with Crippen molar-refractivity contribution in [3.8, 4) is 0 Å². The van der Waals surface area contributed by atoms with Gasteiger partial charge in [-0.1, -0.05) is 0 Å². The highest BCUT2D eigenvalue weighted by Crippen LogP contribution is 2.36. The molecule has 1 fully saturated rings. The zero-order valence-electron chi connectivity index (χ0n) is 17.7. The molecule has 0 atom stereocenters. The fraction of sp³-hybridized carbons (Fsp3) is 0.318. The number of aromatic amines is 1. The lowest BCUT2D eigenvalue weighted by Crippen LogP contribution is -2.37. The molecule has 0 spiro atoms. The smallest absolute Gasteiger partial charge is 0.378 e. The monoisotopic (exact) mass is 462 g/mol. The van der Waals surface area contributed by atoms with Gasteiger partial charge in [0.15, 0.2) is 0 Å². The molecular formula is C22H21F3N4O4. The van der Waals surface area contributed by atoms with E-state index in [1.807, 2.05) is 4.90 Å². The number of carbonyl (C=O) groups is 1. The number of ether oxygens (including phenoxy) is 1. The van der Waals surface area contributed by atoms with Crippen molar-refractivity contribution in [2.75, 3.05) is 36.5 Å². The Hall–Kier alpha value is -3.60. The first-order valence-electron chi connectivity index (χ1n) is 10.3. The normalized spacial score (nSPS) is 14.5. The molecule has 4 rings (SSSR count). The maximum atomic E-state index is 13.3. The first kappa shape index (κ1) is 22.6. The Morgan fingerprint density at radius 3 is 2.52 bits per heavy atom. The number of rotatable bonds is 4. The van der Waals surface area contributed by atoms with Crippen LogP contribution < -0.4 is 21.5 Å². The topological polar surface area (TPSA) is 96.4 Å². The molecule has 1 amide bonds. The van der Waals surface area contributed by atoms with Gasteiger partial charge >= 0.3 is 11.9 Å². The fourth-order valence-corrected chi connectivity index (χ4v) is 3.77. The van der Waals surface area contributed by atoms with Gasteiger partial charge in [0.1, 0.15) is 0 Å². The highest BCUT2D eigenvalue weighted by Gasteiger charge is 2.32. The number of morpholine rings is 1. The van der Waals surface area contributed by atoms with Gasteiger partial charge in [0.2, 0.25) is 0 Å². The number of carbonyl (C=O) groups excluding carboxylic acids is 1. The van der Waals surface area contributed by atoms with Crippen molar-refractivity contribution in [3.05, 3.63) is 68.4 Å². The molecule has 2 N–H and O–H groups in total. The summed E-state index contributed by atoms with van der Waals surface area (Å²) in [5.74, 6) is -0.675. The average Bonchev–Trinajstić information content (AvgIpc) is 2.79. The van der Waals surface area contributed by atoms with Gasteiger partial charge in [-0.25, -0.2) is 4.79 Å². The van der Waals surface area contributed by atoms with Gasteiger partial charge in [-0.15, -0.1) is 0 Å². The SMILES string of the molecule is CCn1c(=O)[nH]c2cc(C(=O)Nc3cc(C(F)(F)F)ccc3N3CCOCC3)ccc2c1=O. The van der Waals surface area contributed by atoms with Crippen LogP contribution in [0.4, 0.5) is 24.5 Å². The van der Waals surface area contributed by atoms with Crippen LogP contribution in [0.3, 0.4) is 0 Å². The van der Waals surface area contributed by atoms with E-state index in [0.717, 1.165) is 16.7 Å². The molecule has 1 aromatic heterocycles. The van der Waals surface area contributed by atoms with Gasteiger partial charge in [0.05, 0.1) is 41.1 Å². The predicted octanol–water partition coefficient (Wildman–Crippen LogP) is 2.82. The molecule has 0 unspecified atom stereocenters. The molecule has 0 aliphatic carbocycles. The summed E-state index contributed by atoms with van der Waals surface area (Å²) >= 11 is 0. The van der Waals surface area contributed by atoms with E-state index in [1.54, 1.807) is 6.92 Å². The number of anilines is 2. The Morgan fingerprint density at radius 2 is 1.85 bits per heavy atom. The molecule has 0 radical (unpaired) electrons. The zero-order chi connectivity index (χ0) is 23.8. The molecule has 11 heteroatoms. The molecule has 2 heterocycles. The lowest BCUT2D eigenvalue weighted by molar-refractivity contribution is -0.137. The number of nitrogens with zero attached hydrogens (tertiary/aromatic N) is 2. The van der Waals surface area contributed by atoms with Gasteiger partial charge in [-0.05, 0) is 43.3 Å². The fourth-order valence-electron chi connectivity index (χ4n) is 3.77. The third-order valence-electron chi connectivity index (χ3n) is 5.48. The lowest BCUT2D eigenvalue weighted by atomic mass is 10.1. The van der Waals surface area contributed by atoms with Gasteiger partial charge in [0.25, 0.3) is 11.5 Å². The summed E-state index contributed by atoms with van der Waals surface area (Å²) in [6.07, 6.45) is -4.58. The van der Waals surface area contributed by atoms with Crippen LogP contribution in [0.1, 0.15) is 22.8 Å². The molecule has 33 heavy (non-hydrogen) atoms. The molecular weight excluding hydrogens is 441 g/mol. The van der Waals surface area contributed by atoms with Crippen molar-refractivity contribution in [2.45, 2.75) is 19.6 Å². The number of alkyl halides is 3. The van der Waals surface area contributed by atoms with Crippen LogP contribution >= 0.6 is 0 Å². The van der Waals surface area contributed by atoms with Crippen molar-refractivity contribution >= 4 is 28.2 Å². The van der Waals surface area contributed by atoms with Crippen LogP contribution in [0.5, 0.6) is 0 Å². The molecule has 0 saturated carbocycles. The minimum absolute atomic E-state index is 0.00622. The van der Waals surface area contributed by atoms with Crippen LogP contribution in [0.15, 0.2) is 46.0 Å². The van der Waals surface area contributed by atoms with Gasteiger partial charge < -0.3 is 19.9 Å². The van der Waals surface area contributed by atoms with E-state index in [1.165, 1.54) is 24.3 Å². The number of hydrogen-bond donors (Lipinski definition) is 2. The van der Waals surface area contributed by atoms with E-state index in [-0.39, 0.29) is 28.7 Å². The standard InChI is InChI=1S/C22H21F3N4O4/c1-2-29-20(31)15-5-3-13(11-16(15)27-21(29)32)19(30)26-17-12-14(22(23,24)25)4-6-18(17)28-7-9-33-10-8-28/h3-6,11-12H,2,7-10H2,1H3,(H,26,30)(H,27,32). The number of nitrogens with one attached hydrogen (secondary N) is 2. The molecule has 8 nitrogen and oxygen atoms in total. The highest BCUT2D eigenvalue weighted by atomic mass is 19.4. The molecule has 1 saturated heterocycles. The molecule has 1 aliphatic rings. The molecule has 2 aromatic carbocycles. The summed E-state index contributed by atoms with van der Waals surface area (Å²) in [4.78, 5) is 41.8. The Bertz CT molecular complexity index is 1320. The van der Waals surface area contributed by atoms with Crippen molar-refractivity contribution in [1.29, 1.82) is 0 Å². The lowest BCUT2D eigenvalue weighted by Gasteiger charge is -2.31. The van der Waals surface area contributed by atoms with Crippen LogP contribution in [0.25, 0.3) is 10.9 Å². The zero-order valence-corrected chi connectivity index (χ0v) is 17.7. The number of benzene rings is 2. The third kappa shape index (κ3) is 4.49. The van der Waals surface area contributed by atoms with Crippen LogP contribution in [-0.4, -0.2) is 41.8 Å². The number of aromatic nitrogens is 2. The molecule has 174 valence electrons. The first-order valence-corrected chi connectivity index (χ1v) is 10.3. The van der Waals surface area contributed by atoms with Crippen LogP contribution in [0.2, 0.25) is 0 Å². The van der Waals surface area contributed by atoms with E-state index in [4.69, 9.17) is 4.74 Å². The number of amides is 1. The summed E-state index contributed by atoms with van der Waals surface area (Å²) < 4.78 is 46.2. The first-order chi connectivity index (χ1) is 15.7. The summed E-state index contributed by atoms with van der Waals surface area (Å²) in [6.45, 7) is 3.62. The highest BCUT2D eigenvalue weighted by molar-refractivity contribution is 6.07. The summed E-state index contributed by atoms with van der Waals surface area (Å²) in [6, 6.07) is 7.32. The van der Waals surface area contributed by atoms with E-state index >= 15 is 0 Å². The van der Waals surface area contributed by atoms with Gasteiger partial charge in [0, 0.05) is 25.2 Å². The van der Waals surface area contributed by atoms with Crippen molar-refractivity contribution < 1.29 is 22.7 Å². The Labute approximate surface area is 185 Å².